The number of carbonyl (C=O) groups excluding carboxylic acids is 2. The Kier molecular flexibility index (Phi) is 50.1. The molecule has 3 N–H and O–H groups in total. The van der Waals surface area contributed by atoms with Crippen LogP contribution < -0.4 is 5.32 Å². The molecule has 6 heteroatoms. The number of unbranched alkanes of at least 4 members (excludes halogenated alkanes) is 35. The van der Waals surface area contributed by atoms with Crippen LogP contribution in [0, 0.1) is 0 Å². The van der Waals surface area contributed by atoms with Crippen LogP contribution in [0.1, 0.15) is 284 Å². The molecule has 0 aromatic heterocycles. The third kappa shape index (κ3) is 47.6. The Bertz CT molecular complexity index is 1010. The minimum atomic E-state index is -0.856. The molecule has 2 atom stereocenters. The number of nitrogens with one attached hydrogen (secondary N) is 1. The molecular weight excluding hydrogens is 767 g/mol. The van der Waals surface area contributed by atoms with Crippen molar-refractivity contribution in [2.75, 3.05) is 13.2 Å². The second kappa shape index (κ2) is 51.7. The molecule has 0 aliphatic heterocycles. The highest BCUT2D eigenvalue weighted by Gasteiger charge is 2.18. The van der Waals surface area contributed by atoms with Gasteiger partial charge in [0.1, 0.15) is 0 Å². The zero-order valence-electron chi connectivity index (χ0n) is 41.4. The highest BCUT2D eigenvalue weighted by molar-refractivity contribution is 5.76. The Morgan fingerprint density at radius 1 is 0.452 bits per heavy atom. The molecule has 0 rings (SSSR count). The zero-order valence-corrected chi connectivity index (χ0v) is 41.4. The maximum absolute atomic E-state index is 12.5. The van der Waals surface area contributed by atoms with Crippen molar-refractivity contribution in [1.29, 1.82) is 0 Å². The average Bonchev–Trinajstić information content (AvgIpc) is 3.27. The lowest BCUT2D eigenvalue weighted by molar-refractivity contribution is -0.143. The van der Waals surface area contributed by atoms with Crippen molar-refractivity contribution in [3.05, 3.63) is 36.5 Å². The van der Waals surface area contributed by atoms with Crippen LogP contribution in [0.2, 0.25) is 0 Å². The van der Waals surface area contributed by atoms with E-state index in [0.717, 1.165) is 70.6 Å². The molecule has 364 valence electrons. The number of esters is 1. The number of allylic oxidation sites excluding steroid dienone is 5. The SMILES string of the molecule is CCC/C=C\C/C=C\CCCCCCCC(=O)OCCCCCCCCCCCCCCC(=O)NC(CO)C(O)/C=C/CCCCCCCCCCCCCCCCCCCC. The Labute approximate surface area is 385 Å². The number of ether oxygens (including phenoxy) is 1. The molecule has 0 spiro atoms. The molecule has 1 amide bonds. The summed E-state index contributed by atoms with van der Waals surface area (Å²) in [6.45, 7) is 4.80. The van der Waals surface area contributed by atoms with Gasteiger partial charge in [-0.15, -0.1) is 0 Å². The smallest absolute Gasteiger partial charge is 0.305 e. The molecule has 0 aromatic carbocycles. The van der Waals surface area contributed by atoms with Gasteiger partial charge in [-0.1, -0.05) is 249 Å². The third-order valence-corrected chi connectivity index (χ3v) is 12.4. The van der Waals surface area contributed by atoms with Crippen LogP contribution in [0.25, 0.3) is 0 Å². The first-order valence-corrected chi connectivity index (χ1v) is 27.3. The summed E-state index contributed by atoms with van der Waals surface area (Å²) in [6.07, 6.45) is 62.9. The summed E-state index contributed by atoms with van der Waals surface area (Å²) in [5.74, 6) is -0.109. The fourth-order valence-corrected chi connectivity index (χ4v) is 8.20. The lowest BCUT2D eigenvalue weighted by atomic mass is 10.0. The molecule has 6 nitrogen and oxygen atoms in total. The molecule has 0 aromatic rings. The molecule has 2 unspecified atom stereocenters. The van der Waals surface area contributed by atoms with Gasteiger partial charge < -0.3 is 20.3 Å². The first-order chi connectivity index (χ1) is 30.5. The molecule has 0 bridgehead atoms. The summed E-state index contributed by atoms with van der Waals surface area (Å²) in [4.78, 5) is 24.5. The number of carbonyl (C=O) groups is 2. The Morgan fingerprint density at radius 3 is 1.29 bits per heavy atom. The molecule has 0 heterocycles. The second-order valence-corrected chi connectivity index (χ2v) is 18.6. The summed E-state index contributed by atoms with van der Waals surface area (Å²) >= 11 is 0. The molecule has 0 saturated heterocycles. The maximum atomic E-state index is 12.5. The summed E-state index contributed by atoms with van der Waals surface area (Å²) < 4.78 is 5.45. The first-order valence-electron chi connectivity index (χ1n) is 27.3. The fraction of sp³-hybridized carbons (Fsp3) is 0.857. The fourth-order valence-electron chi connectivity index (χ4n) is 8.20. The molecule has 0 saturated carbocycles. The largest absolute Gasteiger partial charge is 0.466 e. The molecule has 0 fully saturated rings. The number of rotatable bonds is 50. The van der Waals surface area contributed by atoms with E-state index in [-0.39, 0.29) is 18.5 Å². The number of hydrogen-bond donors (Lipinski definition) is 3. The second-order valence-electron chi connectivity index (χ2n) is 18.6. The normalized spacial score (nSPS) is 12.9. The van der Waals surface area contributed by atoms with Gasteiger partial charge in [0, 0.05) is 12.8 Å². The van der Waals surface area contributed by atoms with Gasteiger partial charge in [0.15, 0.2) is 0 Å². The van der Waals surface area contributed by atoms with Crippen LogP contribution in [0.15, 0.2) is 36.5 Å². The Balaban J connectivity index is 3.51. The monoisotopic (exact) mass is 872 g/mol. The van der Waals surface area contributed by atoms with E-state index < -0.39 is 12.1 Å². The van der Waals surface area contributed by atoms with Crippen molar-refractivity contribution < 1.29 is 24.5 Å². The van der Waals surface area contributed by atoms with Gasteiger partial charge in [-0.3, -0.25) is 9.59 Å². The highest BCUT2D eigenvalue weighted by atomic mass is 16.5. The topological polar surface area (TPSA) is 95.9 Å². The van der Waals surface area contributed by atoms with Gasteiger partial charge in [0.25, 0.3) is 0 Å². The Morgan fingerprint density at radius 2 is 0.839 bits per heavy atom. The minimum Gasteiger partial charge on any atom is -0.466 e. The lowest BCUT2D eigenvalue weighted by Crippen LogP contribution is -2.45. The minimum absolute atomic E-state index is 0.0262. The zero-order chi connectivity index (χ0) is 45.1. The van der Waals surface area contributed by atoms with Crippen molar-refractivity contribution in [2.45, 2.75) is 296 Å². The van der Waals surface area contributed by atoms with E-state index in [1.165, 1.54) is 186 Å². The van der Waals surface area contributed by atoms with E-state index in [9.17, 15) is 19.8 Å². The van der Waals surface area contributed by atoms with Crippen LogP contribution in [0.3, 0.4) is 0 Å². The van der Waals surface area contributed by atoms with Gasteiger partial charge in [0.2, 0.25) is 5.91 Å². The van der Waals surface area contributed by atoms with E-state index in [1.54, 1.807) is 6.08 Å². The van der Waals surface area contributed by atoms with Gasteiger partial charge >= 0.3 is 5.97 Å². The van der Waals surface area contributed by atoms with Crippen molar-refractivity contribution >= 4 is 11.9 Å². The van der Waals surface area contributed by atoms with Crippen LogP contribution in [0.5, 0.6) is 0 Å². The molecular formula is C56H105NO5. The summed E-state index contributed by atoms with van der Waals surface area (Å²) in [5, 5.41) is 23.1. The van der Waals surface area contributed by atoms with E-state index in [4.69, 9.17) is 4.74 Å². The van der Waals surface area contributed by atoms with Crippen LogP contribution in [0.4, 0.5) is 0 Å². The predicted octanol–water partition coefficient (Wildman–Crippen LogP) is 16.5. The first kappa shape index (κ1) is 60.1. The van der Waals surface area contributed by atoms with E-state index in [1.807, 2.05) is 6.08 Å². The predicted molar refractivity (Wildman–Crippen MR) is 269 cm³/mol. The van der Waals surface area contributed by atoms with E-state index >= 15 is 0 Å². The van der Waals surface area contributed by atoms with E-state index in [0.29, 0.717) is 19.4 Å². The molecule has 62 heavy (non-hydrogen) atoms. The van der Waals surface area contributed by atoms with Crippen molar-refractivity contribution in [3.63, 3.8) is 0 Å². The van der Waals surface area contributed by atoms with Gasteiger partial charge in [-0.2, -0.15) is 0 Å². The molecule has 0 aliphatic rings. The maximum Gasteiger partial charge on any atom is 0.305 e. The Hall–Kier alpha value is -1.92. The molecule has 0 aliphatic carbocycles. The molecule has 0 radical (unpaired) electrons. The van der Waals surface area contributed by atoms with Crippen LogP contribution >= 0.6 is 0 Å². The van der Waals surface area contributed by atoms with Crippen LogP contribution in [-0.4, -0.2) is 47.4 Å². The van der Waals surface area contributed by atoms with Crippen molar-refractivity contribution in [3.8, 4) is 0 Å². The van der Waals surface area contributed by atoms with E-state index in [2.05, 4.69) is 43.5 Å². The quantitative estimate of drug-likeness (QED) is 0.0321. The number of aliphatic hydroxyl groups excluding tert-OH is 2. The number of amides is 1. The van der Waals surface area contributed by atoms with Crippen LogP contribution in [-0.2, 0) is 14.3 Å². The summed E-state index contributed by atoms with van der Waals surface area (Å²) in [6, 6.07) is -0.641. The van der Waals surface area contributed by atoms with Gasteiger partial charge in [-0.25, -0.2) is 0 Å². The third-order valence-electron chi connectivity index (χ3n) is 12.4. The summed E-state index contributed by atoms with van der Waals surface area (Å²) in [5.41, 5.74) is 0. The average molecular weight is 872 g/mol. The van der Waals surface area contributed by atoms with Gasteiger partial charge in [-0.05, 0) is 57.8 Å². The highest BCUT2D eigenvalue weighted by Crippen LogP contribution is 2.16. The van der Waals surface area contributed by atoms with Crippen molar-refractivity contribution in [1.82, 2.24) is 5.32 Å². The lowest BCUT2D eigenvalue weighted by Gasteiger charge is -2.20. The van der Waals surface area contributed by atoms with Gasteiger partial charge in [0.05, 0.1) is 25.4 Å². The number of hydrogen-bond acceptors (Lipinski definition) is 5. The number of aliphatic hydroxyl groups is 2. The standard InChI is InChI=1S/C56H105NO5/c1-3-5-7-9-11-13-15-17-18-19-20-21-22-23-25-28-32-36-40-44-48-54(59)53(52-58)57-55(60)49-45-41-37-33-29-26-27-31-35-39-43-47-51-62-56(61)50-46-42-38-34-30-24-16-14-12-10-8-6-4-2/h8,10,14,16,44,48,53-54,58-59H,3-7,9,11-13,15,17-43,45-47,49-52H2,1-2H3,(H,57,60)/b10-8-,16-14-,48-44+. The van der Waals surface area contributed by atoms with Crippen molar-refractivity contribution in [2.24, 2.45) is 0 Å². The summed E-state index contributed by atoms with van der Waals surface area (Å²) in [7, 11) is 0.